The molecule has 1 saturated heterocycles. The first-order valence-corrected chi connectivity index (χ1v) is 9.87. The van der Waals surface area contributed by atoms with Crippen molar-refractivity contribution in [3.05, 3.63) is 36.3 Å². The maximum absolute atomic E-state index is 13.1. The largest absolute Gasteiger partial charge is 0.495 e. The molecule has 1 amide bonds. The maximum Gasteiger partial charge on any atom is 0.260 e. The predicted octanol–water partition coefficient (Wildman–Crippen LogP) is 2.46. The Morgan fingerprint density at radius 3 is 3.04 bits per heavy atom. The zero-order chi connectivity index (χ0) is 19.7. The number of hydrogen-bond acceptors (Lipinski definition) is 8. The molecule has 28 heavy (non-hydrogen) atoms. The van der Waals surface area contributed by atoms with Crippen molar-refractivity contribution in [2.45, 2.75) is 18.9 Å². The number of hydrogen-bond donors (Lipinski definition) is 3. The molecule has 0 saturated carbocycles. The summed E-state index contributed by atoms with van der Waals surface area (Å²) in [4.78, 5) is 23.8. The number of pyridine rings is 2. The number of thiophene rings is 1. The van der Waals surface area contributed by atoms with E-state index >= 15 is 0 Å². The SMILES string of the molecule is COc1ccnc2c(C(=O)Nc3cnccc3N3CCCC(N)C3)c(N)sc12. The van der Waals surface area contributed by atoms with Gasteiger partial charge in [0.1, 0.15) is 16.3 Å². The summed E-state index contributed by atoms with van der Waals surface area (Å²) in [6.45, 7) is 1.64. The molecule has 3 aromatic heterocycles. The van der Waals surface area contributed by atoms with Crippen LogP contribution in [0, 0.1) is 0 Å². The Hall–Kier alpha value is -2.91. The molecule has 0 spiro atoms. The zero-order valence-electron chi connectivity index (χ0n) is 15.5. The number of anilines is 3. The highest BCUT2D eigenvalue weighted by atomic mass is 32.1. The Morgan fingerprint density at radius 1 is 1.39 bits per heavy atom. The number of nitrogens with one attached hydrogen (secondary N) is 1. The molecule has 146 valence electrons. The molecular formula is C19H22N6O2S. The van der Waals surface area contributed by atoms with Crippen LogP contribution in [0.5, 0.6) is 5.75 Å². The van der Waals surface area contributed by atoms with Crippen LogP contribution < -0.4 is 26.4 Å². The van der Waals surface area contributed by atoms with E-state index in [4.69, 9.17) is 16.2 Å². The quantitative estimate of drug-likeness (QED) is 0.617. The Balaban J connectivity index is 1.67. The van der Waals surface area contributed by atoms with Crippen molar-refractivity contribution in [3.8, 4) is 5.75 Å². The normalized spacial score (nSPS) is 16.9. The van der Waals surface area contributed by atoms with Gasteiger partial charge in [0.25, 0.3) is 5.91 Å². The van der Waals surface area contributed by atoms with E-state index in [-0.39, 0.29) is 11.9 Å². The van der Waals surface area contributed by atoms with Crippen LogP contribution in [-0.4, -0.2) is 42.1 Å². The van der Waals surface area contributed by atoms with Crippen molar-refractivity contribution >= 4 is 43.8 Å². The molecule has 0 radical (unpaired) electrons. The van der Waals surface area contributed by atoms with Crippen LogP contribution in [0.25, 0.3) is 10.2 Å². The van der Waals surface area contributed by atoms with Crippen molar-refractivity contribution in [2.24, 2.45) is 5.73 Å². The van der Waals surface area contributed by atoms with E-state index in [1.54, 1.807) is 31.8 Å². The van der Waals surface area contributed by atoms with E-state index in [9.17, 15) is 4.79 Å². The number of aromatic nitrogens is 2. The molecular weight excluding hydrogens is 376 g/mol. The maximum atomic E-state index is 13.1. The fourth-order valence-electron chi connectivity index (χ4n) is 3.54. The van der Waals surface area contributed by atoms with Crippen molar-refractivity contribution in [3.63, 3.8) is 0 Å². The van der Waals surface area contributed by atoms with Gasteiger partial charge in [-0.1, -0.05) is 0 Å². The Morgan fingerprint density at radius 2 is 2.25 bits per heavy atom. The number of ether oxygens (including phenoxy) is 1. The summed E-state index contributed by atoms with van der Waals surface area (Å²) in [5.41, 5.74) is 14.7. The molecule has 5 N–H and O–H groups in total. The van der Waals surface area contributed by atoms with Gasteiger partial charge in [-0.05, 0) is 25.0 Å². The van der Waals surface area contributed by atoms with Crippen LogP contribution in [-0.2, 0) is 0 Å². The third-order valence-electron chi connectivity index (χ3n) is 4.86. The number of carbonyl (C=O) groups excluding carboxylic acids is 1. The van der Waals surface area contributed by atoms with Crippen molar-refractivity contribution in [1.82, 2.24) is 9.97 Å². The lowest BCUT2D eigenvalue weighted by Gasteiger charge is -2.33. The molecule has 4 heterocycles. The minimum atomic E-state index is -0.319. The van der Waals surface area contributed by atoms with E-state index in [0.29, 0.717) is 27.5 Å². The number of nitrogen functional groups attached to an aromatic ring is 1. The standard InChI is InChI=1S/C19H22N6O2S/c1-27-14-5-7-23-16-15(18(21)28-17(14)16)19(26)24-12-9-22-6-4-13(12)25-8-2-3-11(20)10-25/h4-7,9,11H,2-3,8,10,20-21H2,1H3,(H,24,26). The van der Waals surface area contributed by atoms with Crippen molar-refractivity contribution in [1.29, 1.82) is 0 Å². The van der Waals surface area contributed by atoms with Gasteiger partial charge in [-0.2, -0.15) is 0 Å². The Kier molecular flexibility index (Phi) is 5.01. The second-order valence-electron chi connectivity index (χ2n) is 6.73. The van der Waals surface area contributed by atoms with Gasteiger partial charge in [0.05, 0.1) is 34.9 Å². The molecule has 0 bridgehead atoms. The van der Waals surface area contributed by atoms with Crippen LogP contribution in [0.15, 0.2) is 30.7 Å². The van der Waals surface area contributed by atoms with Crippen LogP contribution in [0.1, 0.15) is 23.2 Å². The van der Waals surface area contributed by atoms with E-state index in [1.807, 2.05) is 6.07 Å². The third-order valence-corrected chi connectivity index (χ3v) is 5.88. The molecule has 1 unspecified atom stereocenters. The van der Waals surface area contributed by atoms with E-state index in [0.717, 1.165) is 36.3 Å². The van der Waals surface area contributed by atoms with Crippen molar-refractivity contribution < 1.29 is 9.53 Å². The Bertz CT molecular complexity index is 1020. The van der Waals surface area contributed by atoms with E-state index < -0.39 is 0 Å². The topological polar surface area (TPSA) is 119 Å². The average molecular weight is 398 g/mol. The summed E-state index contributed by atoms with van der Waals surface area (Å²) in [5.74, 6) is 0.324. The first-order chi connectivity index (χ1) is 13.6. The number of piperidine rings is 1. The molecule has 0 aromatic carbocycles. The van der Waals surface area contributed by atoms with Gasteiger partial charge >= 0.3 is 0 Å². The Labute approximate surface area is 166 Å². The second-order valence-corrected chi connectivity index (χ2v) is 7.78. The summed E-state index contributed by atoms with van der Waals surface area (Å²) in [6.07, 6.45) is 6.99. The predicted molar refractivity (Wildman–Crippen MR) is 112 cm³/mol. The third kappa shape index (κ3) is 3.34. The van der Waals surface area contributed by atoms with E-state index in [2.05, 4.69) is 20.2 Å². The minimum Gasteiger partial charge on any atom is -0.495 e. The number of rotatable bonds is 4. The van der Waals surface area contributed by atoms with Gasteiger partial charge in [0.2, 0.25) is 0 Å². The summed E-state index contributed by atoms with van der Waals surface area (Å²) < 4.78 is 6.11. The number of fused-ring (bicyclic) bond motifs is 1. The van der Waals surface area contributed by atoms with Gasteiger partial charge < -0.3 is 26.4 Å². The van der Waals surface area contributed by atoms with E-state index in [1.165, 1.54) is 11.3 Å². The van der Waals surface area contributed by atoms with Crippen LogP contribution in [0.4, 0.5) is 16.4 Å². The molecule has 1 atom stereocenters. The minimum absolute atomic E-state index is 0.124. The van der Waals surface area contributed by atoms with Crippen LogP contribution in [0.3, 0.4) is 0 Å². The summed E-state index contributed by atoms with van der Waals surface area (Å²) in [5, 5.41) is 3.36. The second kappa shape index (κ2) is 7.61. The fraction of sp³-hybridized carbons (Fsp3) is 0.316. The monoisotopic (exact) mass is 398 g/mol. The van der Waals surface area contributed by atoms with Gasteiger partial charge in [-0.15, -0.1) is 11.3 Å². The summed E-state index contributed by atoms with van der Waals surface area (Å²) >= 11 is 1.29. The number of nitrogens with zero attached hydrogens (tertiary/aromatic N) is 3. The van der Waals surface area contributed by atoms with Crippen molar-refractivity contribution in [2.75, 3.05) is 36.1 Å². The van der Waals surface area contributed by atoms with Crippen LogP contribution in [0.2, 0.25) is 0 Å². The lowest BCUT2D eigenvalue weighted by atomic mass is 10.1. The van der Waals surface area contributed by atoms with Gasteiger partial charge in [0, 0.05) is 31.5 Å². The highest BCUT2D eigenvalue weighted by Gasteiger charge is 2.24. The molecule has 4 rings (SSSR count). The smallest absolute Gasteiger partial charge is 0.260 e. The number of methoxy groups -OCH3 is 1. The lowest BCUT2D eigenvalue weighted by Crippen LogP contribution is -2.43. The number of nitrogens with two attached hydrogens (primary N) is 2. The molecule has 1 aliphatic rings. The summed E-state index contributed by atoms with van der Waals surface area (Å²) in [7, 11) is 1.58. The summed E-state index contributed by atoms with van der Waals surface area (Å²) in [6, 6.07) is 3.77. The van der Waals surface area contributed by atoms with Crippen LogP contribution >= 0.6 is 11.3 Å². The highest BCUT2D eigenvalue weighted by molar-refractivity contribution is 7.23. The van der Waals surface area contributed by atoms with Gasteiger partial charge in [-0.25, -0.2) is 0 Å². The lowest BCUT2D eigenvalue weighted by molar-refractivity contribution is 0.102. The molecule has 8 nitrogen and oxygen atoms in total. The average Bonchev–Trinajstić information content (AvgIpc) is 3.04. The van der Waals surface area contributed by atoms with Gasteiger partial charge in [-0.3, -0.25) is 14.8 Å². The first kappa shape index (κ1) is 18.5. The zero-order valence-corrected chi connectivity index (χ0v) is 16.3. The van der Waals surface area contributed by atoms with Gasteiger partial charge in [0.15, 0.2) is 0 Å². The number of carbonyl (C=O) groups is 1. The number of amides is 1. The molecule has 0 aliphatic carbocycles. The molecule has 1 fully saturated rings. The molecule has 3 aromatic rings. The molecule has 9 heteroatoms. The fourth-order valence-corrected chi connectivity index (χ4v) is 4.55. The highest BCUT2D eigenvalue weighted by Crippen LogP contribution is 2.38. The first-order valence-electron chi connectivity index (χ1n) is 9.05. The molecule has 1 aliphatic heterocycles.